The summed E-state index contributed by atoms with van der Waals surface area (Å²) in [5.74, 6) is -4.59. The lowest BCUT2D eigenvalue weighted by molar-refractivity contribution is -0.159. The molecule has 1 aromatic carbocycles. The summed E-state index contributed by atoms with van der Waals surface area (Å²) >= 11 is 0. The van der Waals surface area contributed by atoms with Gasteiger partial charge in [-0.25, -0.2) is 0 Å². The molecule has 6 heteroatoms. The number of benzene rings is 1. The van der Waals surface area contributed by atoms with E-state index in [4.69, 9.17) is 4.74 Å². The first-order chi connectivity index (χ1) is 9.60. The van der Waals surface area contributed by atoms with Crippen LogP contribution in [0.25, 0.3) is 0 Å². The highest BCUT2D eigenvalue weighted by Crippen LogP contribution is 2.40. The van der Waals surface area contributed by atoms with E-state index in [2.05, 4.69) is 9.47 Å². The van der Waals surface area contributed by atoms with E-state index < -0.39 is 35.8 Å². The first-order valence-electron chi connectivity index (χ1n) is 6.01. The summed E-state index contributed by atoms with van der Waals surface area (Å²) in [5.41, 5.74) is 0.627. The fraction of sp³-hybridized carbons (Fsp3) is 0.357. The molecule has 0 N–H and O–H groups in total. The number of carbonyl (C=O) groups excluding carboxylic acids is 3. The van der Waals surface area contributed by atoms with Crippen LogP contribution in [0.1, 0.15) is 11.7 Å². The molecule has 0 unspecified atom stereocenters. The highest BCUT2D eigenvalue weighted by atomic mass is 16.6. The first-order valence-corrected chi connectivity index (χ1v) is 6.01. The largest absolute Gasteiger partial charge is 0.469 e. The van der Waals surface area contributed by atoms with Crippen LogP contribution in [0.3, 0.4) is 0 Å². The molecule has 0 spiro atoms. The third-order valence-electron chi connectivity index (χ3n) is 3.24. The molecule has 6 nitrogen and oxygen atoms in total. The highest BCUT2D eigenvalue weighted by Gasteiger charge is 2.54. The Morgan fingerprint density at radius 2 is 1.65 bits per heavy atom. The molecule has 3 atom stereocenters. The van der Waals surface area contributed by atoms with Crippen LogP contribution in [-0.2, 0) is 28.6 Å². The smallest absolute Gasteiger partial charge is 0.322 e. The molecule has 1 saturated heterocycles. The molecular weight excluding hydrogens is 264 g/mol. The molecule has 0 aromatic heterocycles. The van der Waals surface area contributed by atoms with Gasteiger partial charge in [-0.2, -0.15) is 0 Å². The maximum Gasteiger partial charge on any atom is 0.322 e. The highest BCUT2D eigenvalue weighted by molar-refractivity contribution is 6.01. The van der Waals surface area contributed by atoms with E-state index in [-0.39, 0.29) is 0 Å². The molecule has 20 heavy (non-hydrogen) atoms. The molecule has 0 aliphatic carbocycles. The number of carbonyl (C=O) groups is 3. The lowest BCUT2D eigenvalue weighted by Crippen LogP contribution is -2.33. The van der Waals surface area contributed by atoms with Crippen molar-refractivity contribution in [3.05, 3.63) is 35.9 Å². The fourth-order valence-corrected chi connectivity index (χ4v) is 2.28. The Kier molecular flexibility index (Phi) is 4.02. The third-order valence-corrected chi connectivity index (χ3v) is 3.24. The van der Waals surface area contributed by atoms with Gasteiger partial charge in [-0.15, -0.1) is 0 Å². The van der Waals surface area contributed by atoms with Crippen molar-refractivity contribution in [1.29, 1.82) is 0 Å². The summed E-state index contributed by atoms with van der Waals surface area (Å²) in [4.78, 5) is 35.5. The molecule has 1 aromatic rings. The Morgan fingerprint density at radius 1 is 1.05 bits per heavy atom. The SMILES string of the molecule is COC(=O)[C@@H]1C(=O)O[C@H](c2ccccc2)[C@H]1C(=O)OC. The van der Waals surface area contributed by atoms with E-state index in [1.807, 2.05) is 0 Å². The van der Waals surface area contributed by atoms with Crippen LogP contribution in [0, 0.1) is 11.8 Å². The van der Waals surface area contributed by atoms with Crippen molar-refractivity contribution < 1.29 is 28.6 Å². The van der Waals surface area contributed by atoms with Gasteiger partial charge < -0.3 is 14.2 Å². The lowest BCUT2D eigenvalue weighted by atomic mass is 9.87. The Hall–Kier alpha value is -2.37. The Balaban J connectivity index is 2.40. The minimum Gasteiger partial charge on any atom is -0.469 e. The van der Waals surface area contributed by atoms with Crippen LogP contribution in [0.5, 0.6) is 0 Å². The van der Waals surface area contributed by atoms with Gasteiger partial charge in [0.25, 0.3) is 0 Å². The standard InChI is InChI=1S/C14H14O6/c1-18-12(15)9-10(13(16)19-2)14(17)20-11(9)8-6-4-3-5-7-8/h3-7,9-11H,1-2H3/t9-,10+,11+/m0/s1. The first kappa shape index (κ1) is 14.0. The predicted octanol–water partition coefficient (Wildman–Crippen LogP) is 0.863. The second kappa shape index (κ2) is 5.73. The van der Waals surface area contributed by atoms with Gasteiger partial charge in [0.1, 0.15) is 12.0 Å². The number of esters is 3. The summed E-state index contributed by atoms with van der Waals surface area (Å²) in [6.07, 6.45) is -0.847. The Bertz CT molecular complexity index is 524. The molecule has 1 aliphatic rings. The van der Waals surface area contributed by atoms with Crippen molar-refractivity contribution in [1.82, 2.24) is 0 Å². The topological polar surface area (TPSA) is 78.9 Å². The van der Waals surface area contributed by atoms with Crippen molar-refractivity contribution >= 4 is 17.9 Å². The van der Waals surface area contributed by atoms with Gasteiger partial charge in [-0.3, -0.25) is 14.4 Å². The number of methoxy groups -OCH3 is 2. The number of ether oxygens (including phenoxy) is 3. The van der Waals surface area contributed by atoms with E-state index >= 15 is 0 Å². The summed E-state index contributed by atoms with van der Waals surface area (Å²) < 4.78 is 14.4. The van der Waals surface area contributed by atoms with Crippen molar-refractivity contribution in [2.45, 2.75) is 6.10 Å². The molecular formula is C14H14O6. The Morgan fingerprint density at radius 3 is 2.20 bits per heavy atom. The van der Waals surface area contributed by atoms with Crippen molar-refractivity contribution in [3.8, 4) is 0 Å². The zero-order valence-electron chi connectivity index (χ0n) is 11.1. The minimum absolute atomic E-state index is 0.627. The van der Waals surface area contributed by atoms with Gasteiger partial charge >= 0.3 is 17.9 Å². The predicted molar refractivity (Wildman–Crippen MR) is 66.3 cm³/mol. The maximum atomic E-state index is 11.9. The number of hydrogen-bond donors (Lipinski definition) is 0. The number of cyclic esters (lactones) is 1. The normalized spacial score (nSPS) is 24.9. The molecule has 106 valence electrons. The van der Waals surface area contributed by atoms with E-state index in [1.54, 1.807) is 30.3 Å². The van der Waals surface area contributed by atoms with Gasteiger partial charge in [-0.1, -0.05) is 30.3 Å². The molecule has 1 aliphatic heterocycles. The summed E-state index contributed by atoms with van der Waals surface area (Å²) in [6, 6.07) is 8.73. The van der Waals surface area contributed by atoms with Crippen LogP contribution >= 0.6 is 0 Å². The van der Waals surface area contributed by atoms with Crippen LogP contribution in [0.2, 0.25) is 0 Å². The molecule has 0 amide bonds. The van der Waals surface area contributed by atoms with Crippen LogP contribution < -0.4 is 0 Å². The van der Waals surface area contributed by atoms with Gasteiger partial charge in [0.05, 0.1) is 14.2 Å². The number of rotatable bonds is 3. The second-order valence-corrected chi connectivity index (χ2v) is 4.32. The van der Waals surface area contributed by atoms with Gasteiger partial charge in [0.2, 0.25) is 0 Å². The lowest BCUT2D eigenvalue weighted by Gasteiger charge is -2.17. The zero-order chi connectivity index (χ0) is 14.7. The second-order valence-electron chi connectivity index (χ2n) is 4.32. The van der Waals surface area contributed by atoms with Crippen molar-refractivity contribution in [2.24, 2.45) is 11.8 Å². The van der Waals surface area contributed by atoms with Gasteiger partial charge in [-0.05, 0) is 5.56 Å². The van der Waals surface area contributed by atoms with E-state index in [0.29, 0.717) is 5.56 Å². The molecule has 1 fully saturated rings. The molecule has 1 heterocycles. The van der Waals surface area contributed by atoms with Gasteiger partial charge in [0, 0.05) is 0 Å². The fourth-order valence-electron chi connectivity index (χ4n) is 2.28. The number of hydrogen-bond acceptors (Lipinski definition) is 6. The maximum absolute atomic E-state index is 11.9. The molecule has 0 bridgehead atoms. The summed E-state index contributed by atoms with van der Waals surface area (Å²) in [6.45, 7) is 0. The van der Waals surface area contributed by atoms with Crippen LogP contribution in [-0.4, -0.2) is 32.1 Å². The van der Waals surface area contributed by atoms with Gasteiger partial charge in [0.15, 0.2) is 5.92 Å². The summed E-state index contributed by atoms with van der Waals surface area (Å²) in [7, 11) is 2.35. The average Bonchev–Trinajstić information content (AvgIpc) is 2.84. The molecule has 0 radical (unpaired) electrons. The average molecular weight is 278 g/mol. The monoisotopic (exact) mass is 278 g/mol. The Labute approximate surface area is 115 Å². The third kappa shape index (κ3) is 2.36. The minimum atomic E-state index is -1.29. The quantitative estimate of drug-likeness (QED) is 0.463. The van der Waals surface area contributed by atoms with Crippen LogP contribution in [0.15, 0.2) is 30.3 Å². The zero-order valence-corrected chi connectivity index (χ0v) is 11.1. The summed E-state index contributed by atoms with van der Waals surface area (Å²) in [5, 5.41) is 0. The molecule has 2 rings (SSSR count). The molecule has 0 saturated carbocycles. The van der Waals surface area contributed by atoms with E-state index in [1.165, 1.54) is 7.11 Å². The van der Waals surface area contributed by atoms with Crippen LogP contribution in [0.4, 0.5) is 0 Å². The van der Waals surface area contributed by atoms with E-state index in [0.717, 1.165) is 7.11 Å². The van der Waals surface area contributed by atoms with Crippen molar-refractivity contribution in [3.63, 3.8) is 0 Å². The van der Waals surface area contributed by atoms with E-state index in [9.17, 15) is 14.4 Å². The van der Waals surface area contributed by atoms with Crippen molar-refractivity contribution in [2.75, 3.05) is 14.2 Å².